The minimum Gasteiger partial charge on any atom is -0.310 e. The Balaban J connectivity index is 2.93. The molecule has 0 aliphatic carbocycles. The van der Waals surface area contributed by atoms with Gasteiger partial charge >= 0.3 is 0 Å². The number of aryl methyl sites for hydroxylation is 1. The van der Waals surface area contributed by atoms with E-state index in [-0.39, 0.29) is 17.6 Å². The van der Waals surface area contributed by atoms with Crippen LogP contribution in [0.2, 0.25) is 0 Å². The third-order valence-electron chi connectivity index (χ3n) is 2.75. The molecule has 1 N–H and O–H groups in total. The van der Waals surface area contributed by atoms with Crippen LogP contribution in [-0.4, -0.2) is 27.0 Å². The summed E-state index contributed by atoms with van der Waals surface area (Å²) in [5.74, 6) is -0.238. The number of halogens is 1. The first-order chi connectivity index (χ1) is 8.33. The number of benzene rings is 1. The molecular weight excluding hydrogens is 253 g/mol. The van der Waals surface area contributed by atoms with Crippen LogP contribution in [0.1, 0.15) is 30.5 Å². The second kappa shape index (κ2) is 6.29. The Morgan fingerprint density at radius 1 is 1.39 bits per heavy atom. The van der Waals surface area contributed by atoms with Crippen molar-refractivity contribution in [2.24, 2.45) is 0 Å². The second-order valence-electron chi connectivity index (χ2n) is 4.55. The van der Waals surface area contributed by atoms with Crippen molar-refractivity contribution in [1.82, 2.24) is 5.32 Å². The standard InChI is InChI=1S/C13H20FNO2S/c1-4-15-13(7-8-18(3,16)17)11-9-10(2)5-6-12(11)14/h5-6,9,13,15H,4,7-8H2,1-3H3. The number of nitrogens with one attached hydrogen (secondary N) is 1. The SMILES string of the molecule is CCNC(CCS(C)(=O)=O)c1cc(C)ccc1F. The summed E-state index contributed by atoms with van der Waals surface area (Å²) in [6.45, 7) is 4.48. The summed E-state index contributed by atoms with van der Waals surface area (Å²) in [5, 5.41) is 3.14. The van der Waals surface area contributed by atoms with Gasteiger partial charge in [-0.15, -0.1) is 0 Å². The van der Waals surface area contributed by atoms with Crippen molar-refractivity contribution < 1.29 is 12.8 Å². The van der Waals surface area contributed by atoms with E-state index >= 15 is 0 Å². The lowest BCUT2D eigenvalue weighted by molar-refractivity contribution is 0.497. The fourth-order valence-electron chi connectivity index (χ4n) is 1.88. The molecule has 0 aromatic heterocycles. The maximum Gasteiger partial charge on any atom is 0.147 e. The van der Waals surface area contributed by atoms with Crippen molar-refractivity contribution in [2.45, 2.75) is 26.3 Å². The monoisotopic (exact) mass is 273 g/mol. The van der Waals surface area contributed by atoms with Gasteiger partial charge in [0.05, 0.1) is 5.75 Å². The molecule has 0 aliphatic rings. The molecule has 0 aliphatic heterocycles. The fraction of sp³-hybridized carbons (Fsp3) is 0.538. The molecule has 0 heterocycles. The Morgan fingerprint density at radius 2 is 2.06 bits per heavy atom. The van der Waals surface area contributed by atoms with Crippen LogP contribution in [-0.2, 0) is 9.84 Å². The number of sulfone groups is 1. The highest BCUT2D eigenvalue weighted by atomic mass is 32.2. The van der Waals surface area contributed by atoms with Crippen LogP contribution in [0.15, 0.2) is 18.2 Å². The summed E-state index contributed by atoms with van der Waals surface area (Å²) in [7, 11) is -3.03. The van der Waals surface area contributed by atoms with Crippen molar-refractivity contribution in [3.63, 3.8) is 0 Å². The van der Waals surface area contributed by atoms with Crippen LogP contribution in [0.5, 0.6) is 0 Å². The predicted molar refractivity (Wildman–Crippen MR) is 71.9 cm³/mol. The van der Waals surface area contributed by atoms with Gasteiger partial charge in [-0.3, -0.25) is 0 Å². The van der Waals surface area contributed by atoms with E-state index in [1.165, 1.54) is 12.3 Å². The van der Waals surface area contributed by atoms with Gasteiger partial charge in [0.2, 0.25) is 0 Å². The van der Waals surface area contributed by atoms with Gasteiger partial charge in [0.15, 0.2) is 0 Å². The first kappa shape index (κ1) is 15.1. The molecule has 0 saturated heterocycles. The third kappa shape index (κ3) is 4.74. The van der Waals surface area contributed by atoms with Gasteiger partial charge in [-0.1, -0.05) is 24.6 Å². The average Bonchev–Trinajstić information content (AvgIpc) is 2.26. The molecular formula is C13H20FNO2S. The zero-order valence-electron chi connectivity index (χ0n) is 11.0. The summed E-state index contributed by atoms with van der Waals surface area (Å²) in [6, 6.07) is 4.64. The Bertz CT molecular complexity index is 500. The topological polar surface area (TPSA) is 46.2 Å². The normalized spacial score (nSPS) is 13.6. The van der Waals surface area contributed by atoms with Crippen LogP contribution in [0.25, 0.3) is 0 Å². The Kier molecular flexibility index (Phi) is 5.28. The van der Waals surface area contributed by atoms with E-state index in [2.05, 4.69) is 5.32 Å². The number of hydrogen-bond donors (Lipinski definition) is 1. The fourth-order valence-corrected chi connectivity index (χ4v) is 2.54. The summed E-state index contributed by atoms with van der Waals surface area (Å²) >= 11 is 0. The summed E-state index contributed by atoms with van der Waals surface area (Å²) < 4.78 is 36.2. The van der Waals surface area contributed by atoms with Gasteiger partial charge < -0.3 is 5.32 Å². The van der Waals surface area contributed by atoms with E-state index in [0.717, 1.165) is 5.56 Å². The molecule has 0 spiro atoms. The lowest BCUT2D eigenvalue weighted by atomic mass is 10.0. The molecule has 0 radical (unpaired) electrons. The molecule has 1 aromatic rings. The van der Waals surface area contributed by atoms with Gasteiger partial charge in [-0.2, -0.15) is 0 Å². The van der Waals surface area contributed by atoms with Crippen LogP contribution in [0, 0.1) is 12.7 Å². The molecule has 1 rings (SSSR count). The van der Waals surface area contributed by atoms with Gasteiger partial charge in [-0.25, -0.2) is 12.8 Å². The lowest BCUT2D eigenvalue weighted by Gasteiger charge is -2.19. The van der Waals surface area contributed by atoms with Crippen molar-refractivity contribution in [1.29, 1.82) is 0 Å². The van der Waals surface area contributed by atoms with E-state index in [0.29, 0.717) is 18.5 Å². The van der Waals surface area contributed by atoms with Crippen molar-refractivity contribution in [3.05, 3.63) is 35.1 Å². The second-order valence-corrected chi connectivity index (χ2v) is 6.81. The minimum absolute atomic E-state index is 0.0536. The molecule has 0 amide bonds. The van der Waals surface area contributed by atoms with Gasteiger partial charge in [0.1, 0.15) is 15.7 Å². The van der Waals surface area contributed by atoms with Crippen molar-refractivity contribution in [3.8, 4) is 0 Å². The Hall–Kier alpha value is -0.940. The largest absolute Gasteiger partial charge is 0.310 e. The van der Waals surface area contributed by atoms with Gasteiger partial charge in [0, 0.05) is 17.9 Å². The zero-order valence-corrected chi connectivity index (χ0v) is 11.8. The molecule has 1 unspecified atom stereocenters. The molecule has 0 bridgehead atoms. The highest BCUT2D eigenvalue weighted by molar-refractivity contribution is 7.90. The maximum atomic E-state index is 13.8. The van der Waals surface area contributed by atoms with Crippen LogP contribution in [0.3, 0.4) is 0 Å². The predicted octanol–water partition coefficient (Wildman–Crippen LogP) is 2.22. The number of hydrogen-bond acceptors (Lipinski definition) is 3. The van der Waals surface area contributed by atoms with E-state index in [1.807, 2.05) is 13.8 Å². The van der Waals surface area contributed by atoms with Crippen LogP contribution in [0.4, 0.5) is 4.39 Å². The zero-order chi connectivity index (χ0) is 13.8. The maximum absolute atomic E-state index is 13.8. The molecule has 102 valence electrons. The summed E-state index contributed by atoms with van der Waals surface area (Å²) in [4.78, 5) is 0. The lowest BCUT2D eigenvalue weighted by Crippen LogP contribution is -2.24. The average molecular weight is 273 g/mol. The first-order valence-electron chi connectivity index (χ1n) is 6.00. The summed E-state index contributed by atoms with van der Waals surface area (Å²) in [5.41, 5.74) is 1.51. The van der Waals surface area contributed by atoms with E-state index in [4.69, 9.17) is 0 Å². The Morgan fingerprint density at radius 3 is 2.61 bits per heavy atom. The highest BCUT2D eigenvalue weighted by Crippen LogP contribution is 2.22. The molecule has 3 nitrogen and oxygen atoms in total. The quantitative estimate of drug-likeness (QED) is 0.864. The first-order valence-corrected chi connectivity index (χ1v) is 8.06. The van der Waals surface area contributed by atoms with Gasteiger partial charge in [-0.05, 0) is 26.0 Å². The highest BCUT2D eigenvalue weighted by Gasteiger charge is 2.17. The van der Waals surface area contributed by atoms with Crippen molar-refractivity contribution >= 4 is 9.84 Å². The molecule has 0 saturated carbocycles. The molecule has 18 heavy (non-hydrogen) atoms. The van der Waals surface area contributed by atoms with Crippen molar-refractivity contribution in [2.75, 3.05) is 18.6 Å². The molecule has 1 atom stereocenters. The number of rotatable bonds is 6. The minimum atomic E-state index is -3.03. The van der Waals surface area contributed by atoms with E-state index in [9.17, 15) is 12.8 Å². The molecule has 5 heteroatoms. The molecule has 1 aromatic carbocycles. The van der Waals surface area contributed by atoms with E-state index in [1.54, 1.807) is 12.1 Å². The third-order valence-corrected chi connectivity index (χ3v) is 3.73. The van der Waals surface area contributed by atoms with Gasteiger partial charge in [0.25, 0.3) is 0 Å². The van der Waals surface area contributed by atoms with Crippen LogP contribution >= 0.6 is 0 Å². The summed E-state index contributed by atoms with van der Waals surface area (Å²) in [6.07, 6.45) is 1.58. The Labute approximate surface area is 108 Å². The van der Waals surface area contributed by atoms with E-state index < -0.39 is 9.84 Å². The molecule has 0 fully saturated rings. The van der Waals surface area contributed by atoms with Crippen LogP contribution < -0.4 is 5.32 Å². The smallest absolute Gasteiger partial charge is 0.147 e.